The molecule has 4 N–H and O–H groups in total. The maximum atomic E-state index is 11.4. The van der Waals surface area contributed by atoms with Gasteiger partial charge in [-0.1, -0.05) is 66.0 Å². The number of fused-ring (bicyclic) bond motifs is 3. The summed E-state index contributed by atoms with van der Waals surface area (Å²) >= 11 is 23.2. The van der Waals surface area contributed by atoms with Crippen molar-refractivity contribution in [2.24, 2.45) is 5.92 Å². The van der Waals surface area contributed by atoms with Crippen LogP contribution in [0.25, 0.3) is 44.4 Å². The van der Waals surface area contributed by atoms with E-state index in [9.17, 15) is 14.7 Å². The molecule has 5 aliphatic rings. The van der Waals surface area contributed by atoms with Crippen LogP contribution in [0.4, 0.5) is 23.5 Å². The van der Waals surface area contributed by atoms with Crippen LogP contribution in [0.1, 0.15) is 68.2 Å². The lowest BCUT2D eigenvalue weighted by molar-refractivity contribution is 0.0616. The van der Waals surface area contributed by atoms with E-state index < -0.39 is 19.1 Å². The van der Waals surface area contributed by atoms with Crippen molar-refractivity contribution < 1.29 is 53.5 Å². The summed E-state index contributed by atoms with van der Waals surface area (Å²) in [5.74, 6) is 1.84. The van der Waals surface area contributed by atoms with E-state index in [1.165, 1.54) is 37.1 Å². The van der Waals surface area contributed by atoms with E-state index in [0.29, 0.717) is 110 Å². The van der Waals surface area contributed by atoms with Crippen LogP contribution >= 0.6 is 58.8 Å². The summed E-state index contributed by atoms with van der Waals surface area (Å²) in [4.78, 5) is 71.1. The summed E-state index contributed by atoms with van der Waals surface area (Å²) in [5, 5.41) is 38.8. The molecule has 5 fully saturated rings. The highest BCUT2D eigenvalue weighted by atomic mass is 35.5. The lowest BCUT2D eigenvalue weighted by Gasteiger charge is -2.37. The molecule has 0 unspecified atom stereocenters. The highest BCUT2D eigenvalue weighted by Crippen LogP contribution is 2.33. The smallest absolute Gasteiger partial charge is 0.478 e. The van der Waals surface area contributed by atoms with Gasteiger partial charge in [0.15, 0.2) is 16.9 Å². The van der Waals surface area contributed by atoms with Crippen molar-refractivity contribution in [1.29, 1.82) is 0 Å². The second-order valence-electron chi connectivity index (χ2n) is 22.0. The SMILES string of the molecule is C[C@@H]1CCCOC1.C[C@H]1COCCN1c1nc(N2CCOC[C@@H]2C)c2ccc(-c3cccc(C(=O)O)c3)nc2n1.C[C@H]1COCCN1c1nc(N2CCOC[C@@H]2C)c2ccc(Cl)nc2n1.Cl.Clc1ccc2c(Cl)nc(Cl)nc2n1.O=C(O)c1cccc(B(O)O)c1. The maximum Gasteiger partial charge on any atom is 0.488 e. The van der Waals surface area contributed by atoms with Crippen molar-refractivity contribution in [3.05, 3.63) is 117 Å². The summed E-state index contributed by atoms with van der Waals surface area (Å²) in [6, 6.07) is 24.0. The van der Waals surface area contributed by atoms with Gasteiger partial charge in [0.05, 0.1) is 110 Å². The third kappa shape index (κ3) is 18.5. The topological polar surface area (TPSA) is 290 Å². The maximum absolute atomic E-state index is 11.4. The Morgan fingerprint density at radius 1 is 0.495 bits per heavy atom. The Balaban J connectivity index is 0.000000161. The second-order valence-corrected chi connectivity index (χ2v) is 23.5. The molecule has 30 heteroatoms. The molecule has 0 aliphatic carbocycles. The van der Waals surface area contributed by atoms with Crippen LogP contribution < -0.4 is 25.1 Å². The molecule has 0 saturated carbocycles. The number of carbonyl (C=O) groups is 2. The number of carboxylic acid groups (broad SMARTS) is 2. The highest BCUT2D eigenvalue weighted by Gasteiger charge is 2.30. The van der Waals surface area contributed by atoms with Gasteiger partial charge in [0.2, 0.25) is 17.2 Å². The number of ether oxygens (including phenoxy) is 5. The van der Waals surface area contributed by atoms with Crippen LogP contribution in [-0.2, 0) is 23.7 Å². The van der Waals surface area contributed by atoms with Crippen molar-refractivity contribution in [2.45, 2.75) is 71.6 Å². The third-order valence-electron chi connectivity index (χ3n) is 15.2. The molecule has 0 amide bonds. The standard InChI is InChI=1S/C24H27N5O4.C17H22ClN5O2.C7H7BO4.C7H2Cl3N3.C6H12O.ClH/c1-15-13-32-10-8-28(15)22-19-6-7-20(17-4-3-5-18(12-17)23(30)31)25-21(19)26-24(27-22)29-9-11-33-14-16(29)2;1-11-9-24-7-5-22(11)16-13-3-4-14(18)19-15(13)20-17(21-16)23-6-8-25-10-12(23)2;9-7(10)5-2-1-3-6(4-5)8(11)12;8-4-2-1-3-5(9)12-7(10)13-6(3)11-4;1-6-3-2-4-7-5-6;/h3-7,12,15-16H,8-11,13-14H2,1-2H3,(H,30,31);3-4,11-12H,5-10H2,1-2H3;1-4,11-12H,(H,9,10);1-2H;6H,2-5H2,1H3;1H/t15-,16-;11-,12-;;;6-;/m00..1./s1. The fourth-order valence-corrected chi connectivity index (χ4v) is 11.1. The van der Waals surface area contributed by atoms with Gasteiger partial charge in [-0.2, -0.15) is 24.9 Å². The van der Waals surface area contributed by atoms with Crippen LogP contribution in [0.3, 0.4) is 0 Å². The first-order valence-electron chi connectivity index (χ1n) is 29.5. The monoisotopic (exact) mass is 1350 g/mol. The molecule has 24 nitrogen and oxygen atoms in total. The van der Waals surface area contributed by atoms with Crippen LogP contribution in [0.15, 0.2) is 84.9 Å². The first kappa shape index (κ1) is 70.2. The molecular formula is C61H71BCl5N13O11. The number of pyridine rings is 3. The predicted octanol–water partition coefficient (Wildman–Crippen LogP) is 8.87. The van der Waals surface area contributed by atoms with Gasteiger partial charge in [0, 0.05) is 45.0 Å². The fourth-order valence-electron chi connectivity index (χ4n) is 10.4. The molecule has 5 atom stereocenters. The number of morpholine rings is 4. The molecule has 6 aromatic heterocycles. The van der Waals surface area contributed by atoms with Crippen molar-refractivity contribution in [3.63, 3.8) is 0 Å². The number of halogens is 5. The normalized spacial score (nSPS) is 19.9. The average Bonchev–Trinajstić information content (AvgIpc) is 0.829. The van der Waals surface area contributed by atoms with E-state index in [-0.39, 0.29) is 63.6 Å². The number of hydrogen-bond donors (Lipinski definition) is 4. The van der Waals surface area contributed by atoms with Gasteiger partial charge in [-0.05, 0) is 124 Å². The molecular weight excluding hydrogens is 1280 g/mol. The number of carboxylic acids is 2. The summed E-state index contributed by atoms with van der Waals surface area (Å²) in [6.07, 6.45) is 2.63. The van der Waals surface area contributed by atoms with Crippen molar-refractivity contribution in [2.75, 3.05) is 112 Å². The Morgan fingerprint density at radius 2 is 0.945 bits per heavy atom. The minimum absolute atomic E-state index is 0. The second kappa shape index (κ2) is 33.2. The first-order valence-corrected chi connectivity index (χ1v) is 31.0. The minimum atomic E-state index is -1.62. The molecule has 0 bridgehead atoms. The molecule has 0 radical (unpaired) electrons. The minimum Gasteiger partial charge on any atom is -0.478 e. The molecule has 11 heterocycles. The molecule has 5 aliphatic heterocycles. The summed E-state index contributed by atoms with van der Waals surface area (Å²) in [7, 11) is -1.62. The number of anilines is 4. The molecule has 2 aromatic carbocycles. The van der Waals surface area contributed by atoms with Crippen LogP contribution in [0.5, 0.6) is 0 Å². The number of hydrogen-bond acceptors (Lipinski definition) is 22. The Kier molecular flexibility index (Phi) is 25.6. The van der Waals surface area contributed by atoms with Gasteiger partial charge >= 0.3 is 19.1 Å². The van der Waals surface area contributed by atoms with Gasteiger partial charge in [-0.15, -0.1) is 12.4 Å². The zero-order valence-electron chi connectivity index (χ0n) is 50.7. The van der Waals surface area contributed by atoms with E-state index in [1.807, 2.05) is 24.3 Å². The number of rotatable bonds is 8. The van der Waals surface area contributed by atoms with E-state index in [0.717, 1.165) is 66.7 Å². The van der Waals surface area contributed by atoms with Crippen LogP contribution in [0, 0.1) is 5.92 Å². The first-order chi connectivity index (χ1) is 43.3. The van der Waals surface area contributed by atoms with E-state index in [4.69, 9.17) is 110 Å². The fraction of sp³-hybridized carbons (Fsp3) is 0.426. The van der Waals surface area contributed by atoms with Gasteiger partial charge < -0.3 is 63.5 Å². The molecule has 91 heavy (non-hydrogen) atoms. The van der Waals surface area contributed by atoms with Crippen molar-refractivity contribution in [1.82, 2.24) is 44.9 Å². The van der Waals surface area contributed by atoms with E-state index in [2.05, 4.69) is 74.2 Å². The molecule has 0 spiro atoms. The van der Waals surface area contributed by atoms with Gasteiger partial charge in [-0.3, -0.25) is 0 Å². The number of nitrogens with zero attached hydrogens (tertiary/aromatic N) is 13. The van der Waals surface area contributed by atoms with Crippen LogP contribution in [-0.4, -0.2) is 201 Å². The Labute approximate surface area is 552 Å². The zero-order chi connectivity index (χ0) is 64.0. The Morgan fingerprint density at radius 3 is 1.41 bits per heavy atom. The molecule has 13 rings (SSSR count). The lowest BCUT2D eigenvalue weighted by atomic mass is 9.80. The van der Waals surface area contributed by atoms with Crippen molar-refractivity contribution >= 4 is 140 Å². The summed E-state index contributed by atoms with van der Waals surface area (Å²) in [5.41, 5.74) is 3.47. The molecule has 5 saturated heterocycles. The van der Waals surface area contributed by atoms with Crippen LogP contribution in [0.2, 0.25) is 20.7 Å². The number of aromatic carboxylic acids is 2. The molecule has 8 aromatic rings. The quantitative estimate of drug-likeness (QED) is 0.0478. The van der Waals surface area contributed by atoms with Crippen molar-refractivity contribution in [3.8, 4) is 11.3 Å². The number of aromatic nitrogens is 9. The van der Waals surface area contributed by atoms with Gasteiger partial charge in [-0.25, -0.2) is 29.5 Å². The molecule has 484 valence electrons. The zero-order valence-corrected chi connectivity index (χ0v) is 54.6. The Hall–Kier alpha value is -6.72. The van der Waals surface area contributed by atoms with E-state index in [1.54, 1.807) is 36.4 Å². The van der Waals surface area contributed by atoms with Gasteiger partial charge in [0.25, 0.3) is 0 Å². The largest absolute Gasteiger partial charge is 0.488 e. The predicted molar refractivity (Wildman–Crippen MR) is 355 cm³/mol. The lowest BCUT2D eigenvalue weighted by Crippen LogP contribution is -2.46. The van der Waals surface area contributed by atoms with Gasteiger partial charge in [0.1, 0.15) is 27.1 Å². The summed E-state index contributed by atoms with van der Waals surface area (Å²) in [6.45, 7) is 21.0. The third-order valence-corrected chi connectivity index (χ3v) is 16.1. The van der Waals surface area contributed by atoms with E-state index >= 15 is 0 Å². The Bertz CT molecular complexity index is 3770. The summed E-state index contributed by atoms with van der Waals surface area (Å²) < 4.78 is 27.5. The highest BCUT2D eigenvalue weighted by molar-refractivity contribution is 6.58. The number of benzene rings is 2. The average molecular weight is 1350 g/mol.